The number of halogens is 1. The lowest BCUT2D eigenvalue weighted by molar-refractivity contribution is -0.117. The van der Waals surface area contributed by atoms with E-state index in [2.05, 4.69) is 21.7 Å². The van der Waals surface area contributed by atoms with Crippen molar-refractivity contribution >= 4 is 34.7 Å². The van der Waals surface area contributed by atoms with Crippen molar-refractivity contribution in [2.75, 3.05) is 10.6 Å². The topological polar surface area (TPSA) is 141 Å². The smallest absolute Gasteiger partial charge is 0.266 e. The molecule has 0 aliphatic heterocycles. The largest absolute Gasteiger partial charge is 0.507 e. The highest BCUT2D eigenvalue weighted by molar-refractivity contribution is 7.12. The van der Waals surface area contributed by atoms with Crippen LogP contribution in [0.3, 0.4) is 0 Å². The Morgan fingerprint density at radius 1 is 1.11 bits per heavy atom. The highest BCUT2D eigenvalue weighted by atomic mass is 32.1. The van der Waals surface area contributed by atoms with Crippen LogP contribution in [0.15, 0.2) is 66.0 Å². The number of nitriles is 1. The van der Waals surface area contributed by atoms with Gasteiger partial charge in [-0.1, -0.05) is 18.2 Å². The number of nitrogens with two attached hydrogens (primary N) is 1. The van der Waals surface area contributed by atoms with E-state index in [1.165, 1.54) is 23.5 Å². The third-order valence-electron chi connectivity index (χ3n) is 5.20. The summed E-state index contributed by atoms with van der Waals surface area (Å²) < 4.78 is 13.6. The Hall–Kier alpha value is -4.59. The van der Waals surface area contributed by atoms with Crippen LogP contribution >= 0.6 is 11.3 Å². The Kier molecular flexibility index (Phi) is 7.05. The number of nitrogens with zero attached hydrogens (tertiary/aromatic N) is 2. The van der Waals surface area contributed by atoms with E-state index < -0.39 is 17.8 Å². The van der Waals surface area contributed by atoms with Crippen molar-refractivity contribution in [3.8, 4) is 34.2 Å². The number of carbonyl (C=O) groups excluding carboxylic acids is 2. The second-order valence-corrected chi connectivity index (χ2v) is 8.79. The van der Waals surface area contributed by atoms with Crippen LogP contribution in [-0.2, 0) is 4.79 Å². The first-order valence-electron chi connectivity index (χ1n) is 10.7. The van der Waals surface area contributed by atoms with E-state index in [1.54, 1.807) is 54.8 Å². The summed E-state index contributed by atoms with van der Waals surface area (Å²) in [4.78, 5) is 29.7. The summed E-state index contributed by atoms with van der Waals surface area (Å²) in [6, 6.07) is 16.5. The molecular formula is C26H20FN5O3S. The molecule has 1 atom stereocenters. The standard InChI is InChI=1S/C26H20FN5O3S/c1-14(29)25(34)30-17-5-2-4-15(10-17)19-12-21(18-8-7-16(27)11-22(18)33)31-24(20(19)13-28)32-26(35)23-6-3-9-36-23/h2-12,14,33H,29H2,1H3,(H,30,34)(H,31,32,35). The summed E-state index contributed by atoms with van der Waals surface area (Å²) >= 11 is 1.22. The van der Waals surface area contributed by atoms with E-state index in [-0.39, 0.29) is 34.3 Å². The summed E-state index contributed by atoms with van der Waals surface area (Å²) in [6.07, 6.45) is 0. The Morgan fingerprint density at radius 3 is 2.58 bits per heavy atom. The van der Waals surface area contributed by atoms with Crippen molar-refractivity contribution in [1.82, 2.24) is 4.98 Å². The number of rotatable bonds is 6. The highest BCUT2D eigenvalue weighted by Gasteiger charge is 2.20. The van der Waals surface area contributed by atoms with Gasteiger partial charge in [0.1, 0.15) is 23.2 Å². The monoisotopic (exact) mass is 501 g/mol. The van der Waals surface area contributed by atoms with Gasteiger partial charge in [0, 0.05) is 22.9 Å². The lowest BCUT2D eigenvalue weighted by atomic mass is 9.97. The van der Waals surface area contributed by atoms with Crippen LogP contribution < -0.4 is 16.4 Å². The van der Waals surface area contributed by atoms with Crippen LogP contribution in [0.2, 0.25) is 0 Å². The number of amides is 2. The van der Waals surface area contributed by atoms with Gasteiger partial charge < -0.3 is 21.5 Å². The molecule has 1 unspecified atom stereocenters. The second-order valence-electron chi connectivity index (χ2n) is 7.84. The maximum Gasteiger partial charge on any atom is 0.266 e. The first kappa shape index (κ1) is 24.5. The average molecular weight is 502 g/mol. The second kappa shape index (κ2) is 10.4. The van der Waals surface area contributed by atoms with Crippen molar-refractivity contribution in [1.29, 1.82) is 5.26 Å². The number of benzene rings is 2. The molecular weight excluding hydrogens is 481 g/mol. The van der Waals surface area contributed by atoms with Crippen molar-refractivity contribution in [3.05, 3.63) is 82.3 Å². The Labute approximate surface area is 209 Å². The first-order chi connectivity index (χ1) is 17.3. The minimum Gasteiger partial charge on any atom is -0.507 e. The van der Waals surface area contributed by atoms with Gasteiger partial charge in [-0.3, -0.25) is 9.59 Å². The zero-order chi connectivity index (χ0) is 25.8. The summed E-state index contributed by atoms with van der Waals surface area (Å²) in [5, 5.41) is 27.5. The molecule has 2 aromatic heterocycles. The number of thiophene rings is 1. The minimum atomic E-state index is -0.726. The fraction of sp³-hybridized carbons (Fsp3) is 0.0769. The van der Waals surface area contributed by atoms with Gasteiger partial charge in [-0.05, 0) is 54.3 Å². The summed E-state index contributed by atoms with van der Waals surface area (Å²) in [5.41, 5.74) is 7.48. The molecule has 0 saturated carbocycles. The number of nitrogens with one attached hydrogen (secondary N) is 2. The van der Waals surface area contributed by atoms with E-state index in [9.17, 15) is 24.3 Å². The predicted molar refractivity (Wildman–Crippen MR) is 136 cm³/mol. The molecule has 0 aliphatic carbocycles. The Balaban J connectivity index is 1.88. The van der Waals surface area contributed by atoms with Gasteiger partial charge in [0.25, 0.3) is 5.91 Å². The Morgan fingerprint density at radius 2 is 1.92 bits per heavy atom. The van der Waals surface area contributed by atoms with Crippen LogP contribution in [0.4, 0.5) is 15.9 Å². The zero-order valence-corrected chi connectivity index (χ0v) is 19.8. The van der Waals surface area contributed by atoms with Gasteiger partial charge in [0.2, 0.25) is 5.91 Å². The fourth-order valence-electron chi connectivity index (χ4n) is 3.43. The number of phenolic OH excluding ortho intramolecular Hbond substituents is 1. The molecule has 0 aliphatic rings. The summed E-state index contributed by atoms with van der Waals surface area (Å²) in [6.45, 7) is 1.56. The number of aromatic nitrogens is 1. The maximum absolute atomic E-state index is 13.6. The van der Waals surface area contributed by atoms with Crippen molar-refractivity contribution in [2.24, 2.45) is 5.73 Å². The molecule has 4 aromatic rings. The summed E-state index contributed by atoms with van der Waals surface area (Å²) in [5.74, 6) is -1.86. The van der Waals surface area contributed by atoms with Gasteiger partial charge in [-0.15, -0.1) is 11.3 Å². The van der Waals surface area contributed by atoms with E-state index in [0.29, 0.717) is 21.7 Å². The molecule has 36 heavy (non-hydrogen) atoms. The molecule has 0 saturated heterocycles. The van der Waals surface area contributed by atoms with Gasteiger partial charge in [0.15, 0.2) is 5.82 Å². The molecule has 0 fully saturated rings. The lowest BCUT2D eigenvalue weighted by Gasteiger charge is -2.15. The van der Waals surface area contributed by atoms with E-state index in [1.807, 2.05) is 0 Å². The van der Waals surface area contributed by atoms with E-state index >= 15 is 0 Å². The van der Waals surface area contributed by atoms with E-state index in [0.717, 1.165) is 6.07 Å². The van der Waals surface area contributed by atoms with E-state index in [4.69, 9.17) is 5.73 Å². The normalized spacial score (nSPS) is 11.4. The van der Waals surface area contributed by atoms with Gasteiger partial charge in [0.05, 0.1) is 16.6 Å². The van der Waals surface area contributed by atoms with Gasteiger partial charge in [-0.2, -0.15) is 5.26 Å². The Bertz CT molecular complexity index is 1500. The fourth-order valence-corrected chi connectivity index (χ4v) is 4.05. The molecule has 0 spiro atoms. The number of hydrogen-bond donors (Lipinski definition) is 4. The molecule has 2 amide bonds. The quantitative estimate of drug-likeness (QED) is 0.301. The molecule has 2 heterocycles. The number of pyridine rings is 1. The number of aromatic hydroxyl groups is 1. The van der Waals surface area contributed by atoms with Crippen LogP contribution in [0.5, 0.6) is 5.75 Å². The van der Waals surface area contributed by atoms with Crippen LogP contribution in [-0.4, -0.2) is 27.9 Å². The third-order valence-corrected chi connectivity index (χ3v) is 6.07. The third kappa shape index (κ3) is 5.22. The van der Waals surface area contributed by atoms with Gasteiger partial charge in [-0.25, -0.2) is 9.37 Å². The highest BCUT2D eigenvalue weighted by Crippen LogP contribution is 2.36. The first-order valence-corrected chi connectivity index (χ1v) is 11.6. The molecule has 2 aromatic carbocycles. The number of carbonyl (C=O) groups is 2. The molecule has 0 radical (unpaired) electrons. The SMILES string of the molecule is CC(N)C(=O)Nc1cccc(-c2cc(-c3ccc(F)cc3O)nc(NC(=O)c3cccs3)c2C#N)c1. The molecule has 4 rings (SSSR count). The van der Waals surface area contributed by atoms with Crippen LogP contribution in [0.25, 0.3) is 22.4 Å². The number of hydrogen-bond acceptors (Lipinski definition) is 7. The summed E-state index contributed by atoms with van der Waals surface area (Å²) in [7, 11) is 0. The molecule has 8 nitrogen and oxygen atoms in total. The van der Waals surface area contributed by atoms with Crippen molar-refractivity contribution in [3.63, 3.8) is 0 Å². The van der Waals surface area contributed by atoms with Crippen molar-refractivity contribution in [2.45, 2.75) is 13.0 Å². The minimum absolute atomic E-state index is 0.0304. The zero-order valence-electron chi connectivity index (χ0n) is 18.9. The predicted octanol–water partition coefficient (Wildman–Crippen LogP) is 4.73. The number of phenols is 1. The van der Waals surface area contributed by atoms with Crippen molar-refractivity contribution < 1.29 is 19.1 Å². The molecule has 5 N–H and O–H groups in total. The van der Waals surface area contributed by atoms with Gasteiger partial charge >= 0.3 is 0 Å². The van der Waals surface area contributed by atoms with Crippen LogP contribution in [0.1, 0.15) is 22.2 Å². The maximum atomic E-state index is 13.6. The average Bonchev–Trinajstić information content (AvgIpc) is 3.39. The molecule has 10 heteroatoms. The lowest BCUT2D eigenvalue weighted by Crippen LogP contribution is -2.32. The number of anilines is 2. The van der Waals surface area contributed by atoms with Crippen LogP contribution in [0, 0.1) is 17.1 Å². The molecule has 0 bridgehead atoms. The molecule has 180 valence electrons.